The number of ether oxygens (including phenoxy) is 1. The summed E-state index contributed by atoms with van der Waals surface area (Å²) in [6.45, 7) is 4.80. The van der Waals surface area contributed by atoms with E-state index < -0.39 is 0 Å². The van der Waals surface area contributed by atoms with Gasteiger partial charge in [-0.3, -0.25) is 0 Å². The van der Waals surface area contributed by atoms with Crippen molar-refractivity contribution in [1.29, 1.82) is 0 Å². The van der Waals surface area contributed by atoms with Crippen molar-refractivity contribution in [2.24, 2.45) is 0 Å². The summed E-state index contributed by atoms with van der Waals surface area (Å²) >= 11 is 5.37. The Labute approximate surface area is 162 Å². The second kappa shape index (κ2) is 7.89. The first-order chi connectivity index (χ1) is 13.2. The second-order valence-electron chi connectivity index (χ2n) is 6.55. The molecule has 0 atom stereocenters. The van der Waals surface area contributed by atoms with Gasteiger partial charge >= 0.3 is 0 Å². The van der Waals surface area contributed by atoms with E-state index in [2.05, 4.69) is 27.1 Å². The number of piperazine rings is 1. The monoisotopic (exact) mass is 385 g/mol. The minimum absolute atomic E-state index is 0.411. The van der Waals surface area contributed by atoms with E-state index >= 15 is 0 Å². The SMILES string of the molecule is COc1ccc(-c2nn(C[NH+]3CCN(c4cc[nH+]cc4)CC3)c(=S)o2)cc1. The van der Waals surface area contributed by atoms with E-state index in [4.69, 9.17) is 21.4 Å². The van der Waals surface area contributed by atoms with Crippen LogP contribution in [-0.4, -0.2) is 43.1 Å². The molecular formula is C19H23N5O2S+2. The zero-order chi connectivity index (χ0) is 18.6. The van der Waals surface area contributed by atoms with Crippen LogP contribution < -0.4 is 19.5 Å². The maximum absolute atomic E-state index is 5.70. The van der Waals surface area contributed by atoms with Gasteiger partial charge < -0.3 is 19.0 Å². The predicted molar refractivity (Wildman–Crippen MR) is 103 cm³/mol. The molecule has 1 aliphatic rings. The van der Waals surface area contributed by atoms with Crippen LogP contribution >= 0.6 is 12.2 Å². The molecule has 1 aliphatic heterocycles. The molecule has 0 aliphatic carbocycles. The summed E-state index contributed by atoms with van der Waals surface area (Å²) in [4.78, 5) is 7.33. The zero-order valence-corrected chi connectivity index (χ0v) is 16.0. The molecule has 140 valence electrons. The summed E-state index contributed by atoms with van der Waals surface area (Å²) in [6, 6.07) is 11.8. The minimum Gasteiger partial charge on any atom is -0.497 e. The number of nitrogens with zero attached hydrogens (tertiary/aromatic N) is 3. The number of aromatic amines is 1. The van der Waals surface area contributed by atoms with E-state index in [1.54, 1.807) is 11.8 Å². The van der Waals surface area contributed by atoms with Gasteiger partial charge in [-0.25, -0.2) is 4.98 Å². The van der Waals surface area contributed by atoms with E-state index in [0.717, 1.165) is 44.2 Å². The number of hydrogen-bond acceptors (Lipinski definition) is 5. The van der Waals surface area contributed by atoms with Gasteiger partial charge in [0.05, 0.1) is 33.3 Å². The summed E-state index contributed by atoms with van der Waals surface area (Å²) < 4.78 is 12.7. The summed E-state index contributed by atoms with van der Waals surface area (Å²) in [5.41, 5.74) is 2.15. The molecule has 0 bridgehead atoms. The molecule has 8 heteroatoms. The highest BCUT2D eigenvalue weighted by Crippen LogP contribution is 2.21. The summed E-state index contributed by atoms with van der Waals surface area (Å²) in [7, 11) is 1.65. The van der Waals surface area contributed by atoms with Crippen LogP contribution in [-0.2, 0) is 6.67 Å². The van der Waals surface area contributed by atoms with Gasteiger partial charge in [-0.05, 0) is 36.5 Å². The van der Waals surface area contributed by atoms with Crippen LogP contribution in [0.5, 0.6) is 5.75 Å². The highest BCUT2D eigenvalue weighted by atomic mass is 32.1. The fourth-order valence-corrected chi connectivity index (χ4v) is 3.48. The van der Waals surface area contributed by atoms with Crippen LogP contribution in [0.2, 0.25) is 0 Å². The van der Waals surface area contributed by atoms with Crippen molar-refractivity contribution in [2.75, 3.05) is 38.2 Å². The molecule has 3 heterocycles. The number of methoxy groups -OCH3 is 1. The lowest BCUT2D eigenvalue weighted by Gasteiger charge is -2.32. The van der Waals surface area contributed by atoms with Crippen molar-refractivity contribution >= 4 is 17.9 Å². The summed E-state index contributed by atoms with van der Waals surface area (Å²) in [6.07, 6.45) is 3.92. The third kappa shape index (κ3) is 4.01. The second-order valence-corrected chi connectivity index (χ2v) is 6.90. The minimum atomic E-state index is 0.411. The molecule has 0 saturated carbocycles. The molecule has 1 saturated heterocycles. The van der Waals surface area contributed by atoms with Gasteiger partial charge in [0.1, 0.15) is 5.75 Å². The molecule has 1 aromatic carbocycles. The van der Waals surface area contributed by atoms with Gasteiger partial charge in [-0.1, -0.05) is 0 Å². The largest absolute Gasteiger partial charge is 0.497 e. The quantitative estimate of drug-likeness (QED) is 0.666. The Morgan fingerprint density at radius 2 is 1.85 bits per heavy atom. The molecule has 0 unspecified atom stereocenters. The third-order valence-corrected chi connectivity index (χ3v) is 5.15. The average Bonchev–Trinajstić information content (AvgIpc) is 3.09. The molecule has 2 N–H and O–H groups in total. The van der Waals surface area contributed by atoms with Crippen LogP contribution in [0.15, 0.2) is 53.2 Å². The molecule has 27 heavy (non-hydrogen) atoms. The molecule has 0 spiro atoms. The Balaban J connectivity index is 1.40. The number of rotatable bonds is 5. The maximum Gasteiger partial charge on any atom is 0.292 e. The first-order valence-electron chi connectivity index (χ1n) is 9.00. The Kier molecular flexibility index (Phi) is 5.17. The molecule has 2 aromatic heterocycles. The van der Waals surface area contributed by atoms with Crippen LogP contribution in [0.4, 0.5) is 5.69 Å². The van der Waals surface area contributed by atoms with E-state index in [-0.39, 0.29) is 0 Å². The van der Waals surface area contributed by atoms with Gasteiger partial charge in [0, 0.05) is 23.4 Å². The molecule has 1 fully saturated rings. The lowest BCUT2D eigenvalue weighted by molar-refractivity contribution is -0.924. The number of H-pyrrole nitrogens is 1. The van der Waals surface area contributed by atoms with E-state index in [1.165, 1.54) is 10.6 Å². The standard InChI is InChI=1S/C19H21N5O2S/c1-25-17-4-2-15(3-5-17)18-21-24(19(27)26-18)14-22-10-12-23(13-11-22)16-6-8-20-9-7-16/h2-9H,10-14H2,1H3/p+2. The lowest BCUT2D eigenvalue weighted by atomic mass is 10.2. The first-order valence-corrected chi connectivity index (χ1v) is 9.41. The normalized spacial score (nSPS) is 15.1. The number of pyridine rings is 1. The molecule has 7 nitrogen and oxygen atoms in total. The number of quaternary nitrogens is 1. The smallest absolute Gasteiger partial charge is 0.292 e. The van der Waals surface area contributed by atoms with Gasteiger partial charge in [-0.2, -0.15) is 4.68 Å². The number of benzene rings is 1. The predicted octanol–water partition coefficient (Wildman–Crippen LogP) is 1.06. The van der Waals surface area contributed by atoms with Crippen molar-refractivity contribution in [3.05, 3.63) is 53.6 Å². The number of hydrogen-bond donors (Lipinski definition) is 1. The summed E-state index contributed by atoms with van der Waals surface area (Å²) in [5, 5.41) is 4.57. The molecular weight excluding hydrogens is 362 g/mol. The summed E-state index contributed by atoms with van der Waals surface area (Å²) in [5.74, 6) is 1.34. The Hall–Kier alpha value is -2.71. The van der Waals surface area contributed by atoms with Gasteiger partial charge in [0.15, 0.2) is 19.1 Å². The molecule has 4 rings (SSSR count). The maximum atomic E-state index is 5.70. The zero-order valence-electron chi connectivity index (χ0n) is 15.2. The molecule has 0 amide bonds. The van der Waals surface area contributed by atoms with Gasteiger partial charge in [0.25, 0.3) is 4.84 Å². The Morgan fingerprint density at radius 1 is 1.15 bits per heavy atom. The first kappa shape index (κ1) is 17.7. The fourth-order valence-electron chi connectivity index (χ4n) is 3.30. The van der Waals surface area contributed by atoms with Crippen molar-refractivity contribution in [1.82, 2.24) is 9.78 Å². The van der Waals surface area contributed by atoms with E-state index in [1.807, 2.05) is 36.7 Å². The third-order valence-electron chi connectivity index (χ3n) is 4.85. The van der Waals surface area contributed by atoms with Crippen LogP contribution in [0.25, 0.3) is 11.5 Å². The van der Waals surface area contributed by atoms with Crippen molar-refractivity contribution in [3.8, 4) is 17.2 Å². The van der Waals surface area contributed by atoms with Crippen LogP contribution in [0.3, 0.4) is 0 Å². The van der Waals surface area contributed by atoms with Crippen molar-refractivity contribution < 1.29 is 19.0 Å². The highest BCUT2D eigenvalue weighted by molar-refractivity contribution is 7.71. The number of aromatic nitrogens is 3. The van der Waals surface area contributed by atoms with Gasteiger partial charge in [0.2, 0.25) is 5.89 Å². The average molecular weight is 385 g/mol. The topological polar surface area (TPSA) is 62.0 Å². The van der Waals surface area contributed by atoms with E-state index in [0.29, 0.717) is 10.7 Å². The van der Waals surface area contributed by atoms with Crippen LogP contribution in [0, 0.1) is 4.84 Å². The van der Waals surface area contributed by atoms with Crippen molar-refractivity contribution in [3.63, 3.8) is 0 Å². The number of anilines is 1. The van der Waals surface area contributed by atoms with Gasteiger partial charge in [-0.15, -0.1) is 5.10 Å². The van der Waals surface area contributed by atoms with Crippen molar-refractivity contribution in [2.45, 2.75) is 6.67 Å². The highest BCUT2D eigenvalue weighted by Gasteiger charge is 2.22. The van der Waals surface area contributed by atoms with E-state index in [9.17, 15) is 0 Å². The Bertz CT molecular complexity index is 931. The molecule has 0 radical (unpaired) electrons. The Morgan fingerprint density at radius 3 is 2.52 bits per heavy atom. The molecule has 3 aromatic rings. The lowest BCUT2D eigenvalue weighted by Crippen LogP contribution is -3.14. The fraction of sp³-hybridized carbons (Fsp3) is 0.316. The van der Waals surface area contributed by atoms with Crippen LogP contribution in [0.1, 0.15) is 0 Å². The number of nitrogens with one attached hydrogen (secondary N) is 2.